The third kappa shape index (κ3) is 14.7. The summed E-state index contributed by atoms with van der Waals surface area (Å²) in [7, 11) is -1.80. The van der Waals surface area contributed by atoms with E-state index in [0.717, 1.165) is 27.7 Å². The Morgan fingerprint density at radius 2 is 1.52 bits per heavy atom. The minimum Gasteiger partial charge on any atom is -0.477 e. The van der Waals surface area contributed by atoms with Crippen LogP contribution in [0.5, 0.6) is 0 Å². The molecule has 0 aliphatic carbocycles. The molecule has 0 bridgehead atoms. The molecule has 0 spiro atoms. The van der Waals surface area contributed by atoms with Crippen LogP contribution in [0.3, 0.4) is 0 Å². The first kappa shape index (κ1) is 50.6. The van der Waals surface area contributed by atoms with E-state index in [4.69, 9.17) is 42.6 Å². The molecular formula is C37H50F3NO19Si. The van der Waals surface area contributed by atoms with Crippen LogP contribution in [0.2, 0.25) is 25.7 Å². The van der Waals surface area contributed by atoms with Crippen molar-refractivity contribution in [2.75, 3.05) is 19.8 Å². The number of amides is 1. The van der Waals surface area contributed by atoms with Gasteiger partial charge in [0.1, 0.15) is 49.8 Å². The number of nitrogens with one attached hydrogen (secondary N) is 1. The summed E-state index contributed by atoms with van der Waals surface area (Å²) >= 11 is 0. The van der Waals surface area contributed by atoms with Crippen molar-refractivity contribution in [3.05, 3.63) is 35.9 Å². The number of aliphatic hydroxyl groups excluding tert-OH is 2. The molecule has 4 N–H and O–H groups in total. The molecule has 2 aliphatic rings. The van der Waals surface area contributed by atoms with Crippen molar-refractivity contribution < 1.29 is 105 Å². The third-order valence-electron chi connectivity index (χ3n) is 9.00. The highest BCUT2D eigenvalue weighted by atomic mass is 28.3. The van der Waals surface area contributed by atoms with Crippen LogP contribution in [0.15, 0.2) is 30.3 Å². The van der Waals surface area contributed by atoms with E-state index in [1.807, 2.05) is 19.6 Å². The molecule has 61 heavy (non-hydrogen) atoms. The Bertz CT molecular complexity index is 1730. The van der Waals surface area contributed by atoms with Crippen molar-refractivity contribution in [2.24, 2.45) is 0 Å². The number of rotatable bonds is 18. The van der Waals surface area contributed by atoms with E-state index in [9.17, 15) is 62.1 Å². The second-order valence-electron chi connectivity index (χ2n) is 15.3. The summed E-state index contributed by atoms with van der Waals surface area (Å²) in [6.45, 7) is 7.57. The number of carboxylic acids is 1. The summed E-state index contributed by atoms with van der Waals surface area (Å²) in [6, 6.07) is 5.78. The molecule has 20 nitrogen and oxygen atoms in total. The second kappa shape index (κ2) is 21.4. The van der Waals surface area contributed by atoms with Gasteiger partial charge in [-0.1, -0.05) is 37.8 Å². The van der Waals surface area contributed by atoms with Crippen LogP contribution in [0.4, 0.5) is 13.2 Å². The topological polar surface area (TPSA) is 275 Å². The summed E-state index contributed by atoms with van der Waals surface area (Å²) in [5.74, 6) is -13.7. The molecule has 0 radical (unpaired) electrons. The lowest BCUT2D eigenvalue weighted by atomic mass is 9.87. The molecule has 0 aromatic heterocycles. The fraction of sp³-hybridized carbons (Fsp3) is 0.649. The van der Waals surface area contributed by atoms with Gasteiger partial charge in [-0.2, -0.15) is 13.2 Å². The van der Waals surface area contributed by atoms with E-state index in [2.05, 4.69) is 0 Å². The lowest BCUT2D eigenvalue weighted by Gasteiger charge is -2.50. The van der Waals surface area contributed by atoms with Gasteiger partial charge in [0, 0.05) is 42.4 Å². The van der Waals surface area contributed by atoms with Crippen LogP contribution in [-0.4, -0.2) is 158 Å². The van der Waals surface area contributed by atoms with E-state index in [1.54, 1.807) is 23.5 Å². The zero-order valence-electron chi connectivity index (χ0n) is 34.2. The average molecular weight is 898 g/mol. The van der Waals surface area contributed by atoms with Crippen molar-refractivity contribution in [3.63, 3.8) is 0 Å². The van der Waals surface area contributed by atoms with E-state index >= 15 is 0 Å². The Kier molecular flexibility index (Phi) is 17.7. The Hall–Kier alpha value is -4.72. The van der Waals surface area contributed by atoms with Gasteiger partial charge in [0.05, 0.1) is 18.0 Å². The molecule has 11 atom stereocenters. The van der Waals surface area contributed by atoms with Crippen LogP contribution in [0.1, 0.15) is 44.5 Å². The molecule has 2 saturated heterocycles. The van der Waals surface area contributed by atoms with Crippen LogP contribution in [0, 0.1) is 0 Å². The predicted octanol–water partition coefficient (Wildman–Crippen LogP) is 1.01. The van der Waals surface area contributed by atoms with Crippen molar-refractivity contribution in [2.45, 2.75) is 133 Å². The smallest absolute Gasteiger partial charge is 0.471 e. The van der Waals surface area contributed by atoms with E-state index < -0.39 is 143 Å². The Balaban J connectivity index is 2.22. The first-order chi connectivity index (χ1) is 28.2. The van der Waals surface area contributed by atoms with Crippen LogP contribution in [-0.2, 0) is 71.4 Å². The fourth-order valence-corrected chi connectivity index (χ4v) is 6.93. The molecule has 2 fully saturated rings. The lowest BCUT2D eigenvalue weighted by molar-refractivity contribution is -0.369. The number of aliphatic carboxylic acids is 1. The highest BCUT2D eigenvalue weighted by Crippen LogP contribution is 2.40. The van der Waals surface area contributed by atoms with Crippen molar-refractivity contribution in [1.82, 2.24) is 5.32 Å². The average Bonchev–Trinajstić information content (AvgIpc) is 3.14. The van der Waals surface area contributed by atoms with Crippen LogP contribution < -0.4 is 5.32 Å². The molecule has 2 aliphatic heterocycles. The molecule has 2 heterocycles. The number of carbonyl (C=O) groups is 7. The highest BCUT2D eigenvalue weighted by Gasteiger charge is 2.62. The van der Waals surface area contributed by atoms with Gasteiger partial charge in [0.2, 0.25) is 0 Å². The fourth-order valence-electron chi connectivity index (χ4n) is 6.20. The Labute approximate surface area is 348 Å². The molecule has 0 unspecified atom stereocenters. The monoisotopic (exact) mass is 897 g/mol. The molecule has 342 valence electrons. The Morgan fingerprint density at radius 3 is 2.05 bits per heavy atom. The van der Waals surface area contributed by atoms with Gasteiger partial charge < -0.3 is 63.3 Å². The summed E-state index contributed by atoms with van der Waals surface area (Å²) in [5.41, 5.74) is 0.0989. The lowest BCUT2D eigenvalue weighted by Crippen LogP contribution is -2.72. The standard InChI is InChI=1S/C37H50F3NO19Si/c1-18(42)53-17-25(56-20(3)44)29(57-21(4)45)30-26(41-34(49)37(38,39)40)23(55-19(2)43)15-36(59-30,35(50)51)60-31-27(46)24(16-54-32(48)22-11-9-8-10-12-22)58-33(28(31)47)52-13-14-61(5,6)7/h8-12,23-31,33,46-47H,13-17H2,1-7H3,(H,41,49)(H,50,51)/t23-,24+,25+,26+,27-,28+,29+,30+,31-,33+,36-/m0/s1. The molecule has 1 amide bonds. The first-order valence-corrected chi connectivity index (χ1v) is 22.4. The zero-order chi connectivity index (χ0) is 46.0. The van der Waals surface area contributed by atoms with Gasteiger partial charge in [-0.05, 0) is 18.2 Å². The number of halogens is 3. The molecule has 3 rings (SSSR count). The number of ether oxygens (including phenoxy) is 9. The summed E-state index contributed by atoms with van der Waals surface area (Å²) < 4.78 is 90.7. The molecule has 24 heteroatoms. The number of alkyl halides is 3. The summed E-state index contributed by atoms with van der Waals surface area (Å²) in [5, 5.41) is 35.6. The minimum absolute atomic E-state index is 0.0293. The van der Waals surface area contributed by atoms with Gasteiger partial charge in [0.15, 0.2) is 18.5 Å². The molecular weight excluding hydrogens is 847 g/mol. The number of benzene rings is 1. The SMILES string of the molecule is CC(=O)OC[C@@H](OC(C)=O)[C@@H](OC(C)=O)[C@@H]1O[C@@](O[C@H]2[C@@H](O)[C@@H](COC(=O)c3ccccc3)O[C@@H](OCC[Si](C)(C)C)[C@@H]2O)(C(=O)O)C[C@H](OC(C)=O)[C@H]1NC(=O)C(F)(F)F. The molecule has 1 aromatic carbocycles. The molecule has 0 saturated carbocycles. The molecule has 1 aromatic rings. The van der Waals surface area contributed by atoms with E-state index in [-0.39, 0.29) is 12.2 Å². The quantitative estimate of drug-likeness (QED) is 0.0909. The van der Waals surface area contributed by atoms with Crippen molar-refractivity contribution >= 4 is 49.8 Å². The maximum absolute atomic E-state index is 13.8. The van der Waals surface area contributed by atoms with E-state index in [1.165, 1.54) is 12.1 Å². The van der Waals surface area contributed by atoms with Gasteiger partial charge >= 0.3 is 47.9 Å². The maximum Gasteiger partial charge on any atom is 0.471 e. The number of hydrogen-bond donors (Lipinski definition) is 4. The second-order valence-corrected chi connectivity index (χ2v) is 20.9. The first-order valence-electron chi connectivity index (χ1n) is 18.7. The minimum atomic E-state index is -5.63. The van der Waals surface area contributed by atoms with Crippen LogP contribution >= 0.6 is 0 Å². The number of carbonyl (C=O) groups excluding carboxylic acids is 6. The number of hydrogen-bond acceptors (Lipinski definition) is 18. The van der Waals surface area contributed by atoms with E-state index in [0.29, 0.717) is 6.04 Å². The number of aliphatic hydroxyl groups is 2. The normalized spacial score (nSPS) is 27.7. The van der Waals surface area contributed by atoms with Crippen LogP contribution in [0.25, 0.3) is 0 Å². The number of esters is 5. The van der Waals surface area contributed by atoms with Crippen molar-refractivity contribution in [3.8, 4) is 0 Å². The Morgan fingerprint density at radius 1 is 0.902 bits per heavy atom. The largest absolute Gasteiger partial charge is 0.477 e. The summed E-state index contributed by atoms with van der Waals surface area (Å²) in [6.07, 6.45) is -25.7. The summed E-state index contributed by atoms with van der Waals surface area (Å²) in [4.78, 5) is 87.8. The maximum atomic E-state index is 13.8. The number of carboxylic acid groups (broad SMARTS) is 1. The zero-order valence-corrected chi connectivity index (χ0v) is 35.2. The third-order valence-corrected chi connectivity index (χ3v) is 10.7. The van der Waals surface area contributed by atoms with Gasteiger partial charge in [-0.25, -0.2) is 9.59 Å². The van der Waals surface area contributed by atoms with Crippen molar-refractivity contribution in [1.29, 1.82) is 0 Å². The van der Waals surface area contributed by atoms with Gasteiger partial charge in [0.25, 0.3) is 5.79 Å². The van der Waals surface area contributed by atoms with Gasteiger partial charge in [-0.3, -0.25) is 24.0 Å². The predicted molar refractivity (Wildman–Crippen MR) is 198 cm³/mol. The van der Waals surface area contributed by atoms with Gasteiger partial charge in [-0.15, -0.1) is 0 Å². The highest BCUT2D eigenvalue weighted by molar-refractivity contribution is 6.76.